The Hall–Kier alpha value is -2.46. The molecule has 1 aliphatic carbocycles. The van der Waals surface area contributed by atoms with Crippen molar-refractivity contribution in [2.75, 3.05) is 0 Å². The van der Waals surface area contributed by atoms with E-state index in [0.717, 1.165) is 23.4 Å². The molecule has 1 aromatic carbocycles. The van der Waals surface area contributed by atoms with Gasteiger partial charge in [0.05, 0.1) is 30.4 Å². The molecule has 0 saturated heterocycles. The van der Waals surface area contributed by atoms with E-state index >= 15 is 0 Å². The molecule has 0 radical (unpaired) electrons. The third-order valence-corrected chi connectivity index (χ3v) is 5.27. The number of aliphatic hydroxyl groups is 1. The van der Waals surface area contributed by atoms with Crippen molar-refractivity contribution in [3.8, 4) is 11.3 Å². The molecule has 114 valence electrons. The predicted octanol–water partition coefficient (Wildman–Crippen LogP) is 3.06. The summed E-state index contributed by atoms with van der Waals surface area (Å²) >= 11 is 0. The van der Waals surface area contributed by atoms with E-state index in [-0.39, 0.29) is 12.0 Å². The zero-order valence-electron chi connectivity index (χ0n) is 12.8. The first-order valence-corrected chi connectivity index (χ1v) is 7.98. The van der Waals surface area contributed by atoms with E-state index in [9.17, 15) is 5.11 Å². The lowest BCUT2D eigenvalue weighted by atomic mass is 9.88. The third-order valence-electron chi connectivity index (χ3n) is 5.27. The molecule has 0 unspecified atom stereocenters. The molecule has 5 rings (SSSR count). The number of aryl methyl sites for hydroxylation is 1. The third kappa shape index (κ3) is 1.70. The number of pyridine rings is 1. The van der Waals surface area contributed by atoms with Crippen LogP contribution >= 0.6 is 0 Å². The average Bonchev–Trinajstić information content (AvgIpc) is 3.21. The molecule has 1 N–H and O–H groups in total. The Balaban J connectivity index is 1.64. The number of fused-ring (bicyclic) bond motifs is 4. The molecule has 0 bridgehead atoms. The minimum atomic E-state index is -0.482. The standard InChI is InChI=1S/C19H17N3O/c1-11-6-12-7-15(19(23)16(12)8-21-11)18-14-5-3-2-4-13(14)17-9-20-10-22(17)18/h2-6,8-10,15,18-19,23H,7H2,1H3/t15-,18-,19-/m0/s1. The average molecular weight is 303 g/mol. The van der Waals surface area contributed by atoms with Gasteiger partial charge in [0, 0.05) is 28.9 Å². The van der Waals surface area contributed by atoms with Crippen LogP contribution in [0.4, 0.5) is 0 Å². The molecule has 1 aliphatic heterocycles. The van der Waals surface area contributed by atoms with Crippen LogP contribution in [-0.4, -0.2) is 19.6 Å². The summed E-state index contributed by atoms with van der Waals surface area (Å²) < 4.78 is 2.21. The molecule has 3 atom stereocenters. The van der Waals surface area contributed by atoms with Crippen molar-refractivity contribution in [1.29, 1.82) is 0 Å². The second kappa shape index (κ2) is 4.52. The first-order chi connectivity index (χ1) is 11.2. The van der Waals surface area contributed by atoms with Crippen LogP contribution in [0.1, 0.15) is 34.5 Å². The number of hydrogen-bond acceptors (Lipinski definition) is 3. The largest absolute Gasteiger partial charge is 0.388 e. The highest BCUT2D eigenvalue weighted by Gasteiger charge is 2.42. The van der Waals surface area contributed by atoms with Crippen LogP contribution in [0.5, 0.6) is 0 Å². The highest BCUT2D eigenvalue weighted by Crippen LogP contribution is 2.50. The van der Waals surface area contributed by atoms with Crippen LogP contribution < -0.4 is 0 Å². The van der Waals surface area contributed by atoms with Crippen molar-refractivity contribution in [2.24, 2.45) is 5.92 Å². The summed E-state index contributed by atoms with van der Waals surface area (Å²) in [5, 5.41) is 10.9. The number of imidazole rings is 1. The summed E-state index contributed by atoms with van der Waals surface area (Å²) in [7, 11) is 0. The van der Waals surface area contributed by atoms with Crippen molar-refractivity contribution in [1.82, 2.24) is 14.5 Å². The van der Waals surface area contributed by atoms with Crippen molar-refractivity contribution < 1.29 is 5.11 Å². The molecule has 3 heterocycles. The molecular weight excluding hydrogens is 286 g/mol. The molecule has 2 aliphatic rings. The van der Waals surface area contributed by atoms with Gasteiger partial charge in [0.1, 0.15) is 0 Å². The topological polar surface area (TPSA) is 50.9 Å². The van der Waals surface area contributed by atoms with E-state index in [4.69, 9.17) is 0 Å². The van der Waals surface area contributed by atoms with Gasteiger partial charge >= 0.3 is 0 Å². The number of hydrogen-bond donors (Lipinski definition) is 1. The molecule has 0 fully saturated rings. The first-order valence-electron chi connectivity index (χ1n) is 7.98. The predicted molar refractivity (Wildman–Crippen MR) is 86.9 cm³/mol. The summed E-state index contributed by atoms with van der Waals surface area (Å²) in [5.41, 5.74) is 6.86. The Labute approximate surface area is 134 Å². The number of benzene rings is 1. The Morgan fingerprint density at radius 3 is 2.96 bits per heavy atom. The number of rotatable bonds is 1. The maximum Gasteiger partial charge on any atom is 0.0956 e. The molecule has 0 spiro atoms. The lowest BCUT2D eigenvalue weighted by molar-refractivity contribution is 0.101. The van der Waals surface area contributed by atoms with E-state index in [0.29, 0.717) is 0 Å². The fraction of sp³-hybridized carbons (Fsp3) is 0.263. The monoisotopic (exact) mass is 303 g/mol. The minimum absolute atomic E-state index is 0.116. The van der Waals surface area contributed by atoms with Crippen LogP contribution in [-0.2, 0) is 6.42 Å². The van der Waals surface area contributed by atoms with E-state index in [1.54, 1.807) is 0 Å². The van der Waals surface area contributed by atoms with Gasteiger partial charge in [-0.1, -0.05) is 24.3 Å². The highest BCUT2D eigenvalue weighted by molar-refractivity contribution is 5.69. The molecule has 2 aromatic heterocycles. The van der Waals surface area contributed by atoms with Crippen molar-refractivity contribution in [3.05, 3.63) is 71.4 Å². The maximum atomic E-state index is 10.9. The van der Waals surface area contributed by atoms with E-state index < -0.39 is 6.10 Å². The van der Waals surface area contributed by atoms with Gasteiger partial charge in [-0.05, 0) is 30.5 Å². The molecule has 4 nitrogen and oxygen atoms in total. The normalized spacial score (nSPS) is 24.3. The van der Waals surface area contributed by atoms with Crippen LogP contribution in [0.15, 0.2) is 49.1 Å². The summed E-state index contributed by atoms with van der Waals surface area (Å²) in [5.74, 6) is 0.116. The molecule has 3 aromatic rings. The Kier molecular flexibility index (Phi) is 2.56. The summed E-state index contributed by atoms with van der Waals surface area (Å²) in [6.07, 6.45) is 6.03. The van der Waals surface area contributed by atoms with E-state index in [1.165, 1.54) is 16.7 Å². The highest BCUT2D eigenvalue weighted by atomic mass is 16.3. The van der Waals surface area contributed by atoms with Gasteiger partial charge in [0.15, 0.2) is 0 Å². The fourth-order valence-corrected chi connectivity index (χ4v) is 4.26. The second-order valence-electron chi connectivity index (χ2n) is 6.56. The SMILES string of the molecule is Cc1cc2c(cn1)[C@@H](O)[C@H]([C@@H]1c3ccccc3-c3cncn31)C2. The summed E-state index contributed by atoms with van der Waals surface area (Å²) in [4.78, 5) is 8.68. The smallest absolute Gasteiger partial charge is 0.0956 e. The summed E-state index contributed by atoms with van der Waals surface area (Å²) in [6, 6.07) is 10.7. The molecule has 23 heavy (non-hydrogen) atoms. The van der Waals surface area contributed by atoms with Gasteiger partial charge in [-0.15, -0.1) is 0 Å². The Morgan fingerprint density at radius 1 is 1.17 bits per heavy atom. The first kappa shape index (κ1) is 13.0. The van der Waals surface area contributed by atoms with Gasteiger partial charge in [0.2, 0.25) is 0 Å². The molecule has 4 heteroatoms. The number of aromatic nitrogens is 3. The Morgan fingerprint density at radius 2 is 2.04 bits per heavy atom. The zero-order chi connectivity index (χ0) is 15.6. The second-order valence-corrected chi connectivity index (χ2v) is 6.56. The lowest BCUT2D eigenvalue weighted by Gasteiger charge is -2.25. The van der Waals surface area contributed by atoms with Crippen LogP contribution in [0.3, 0.4) is 0 Å². The Bertz CT molecular complexity index is 914. The molecule has 0 saturated carbocycles. The zero-order valence-corrected chi connectivity index (χ0v) is 12.8. The number of nitrogens with zero attached hydrogens (tertiary/aromatic N) is 3. The van der Waals surface area contributed by atoms with Crippen LogP contribution in [0, 0.1) is 12.8 Å². The quantitative estimate of drug-likeness (QED) is 0.751. The van der Waals surface area contributed by atoms with Crippen molar-refractivity contribution >= 4 is 0 Å². The van der Waals surface area contributed by atoms with Crippen molar-refractivity contribution in [3.63, 3.8) is 0 Å². The number of aliphatic hydroxyl groups excluding tert-OH is 1. The van der Waals surface area contributed by atoms with Gasteiger partial charge in [-0.2, -0.15) is 0 Å². The summed E-state index contributed by atoms with van der Waals surface area (Å²) in [6.45, 7) is 2.00. The van der Waals surface area contributed by atoms with Crippen LogP contribution in [0.25, 0.3) is 11.3 Å². The molecular formula is C19H17N3O. The van der Waals surface area contributed by atoms with Gasteiger partial charge in [-0.25, -0.2) is 4.98 Å². The van der Waals surface area contributed by atoms with E-state index in [1.807, 2.05) is 25.6 Å². The minimum Gasteiger partial charge on any atom is -0.388 e. The van der Waals surface area contributed by atoms with E-state index in [2.05, 4.69) is 44.9 Å². The van der Waals surface area contributed by atoms with Gasteiger partial charge < -0.3 is 9.67 Å². The maximum absolute atomic E-state index is 10.9. The van der Waals surface area contributed by atoms with Crippen LogP contribution in [0.2, 0.25) is 0 Å². The lowest BCUT2D eigenvalue weighted by Crippen LogP contribution is -2.21. The molecule has 0 amide bonds. The fourth-order valence-electron chi connectivity index (χ4n) is 4.26. The van der Waals surface area contributed by atoms with Crippen molar-refractivity contribution in [2.45, 2.75) is 25.5 Å². The van der Waals surface area contributed by atoms with Gasteiger partial charge in [-0.3, -0.25) is 4.98 Å². The van der Waals surface area contributed by atoms with Gasteiger partial charge in [0.25, 0.3) is 0 Å².